The molecule has 1 rings (SSSR count). The minimum atomic E-state index is -0.311. The van der Waals surface area contributed by atoms with E-state index in [0.717, 1.165) is 0 Å². The Morgan fingerprint density at radius 2 is 1.85 bits per heavy atom. The lowest BCUT2D eigenvalue weighted by Gasteiger charge is -2.21. The molecule has 0 aliphatic rings. The number of nitrogen functional groups attached to an aromatic ring is 2. The van der Waals surface area contributed by atoms with Gasteiger partial charge in [0.2, 0.25) is 5.88 Å². The van der Waals surface area contributed by atoms with Crippen LogP contribution in [0.5, 0.6) is 5.88 Å². The Balaban J connectivity index is 2.94. The lowest BCUT2D eigenvalue weighted by molar-refractivity contribution is 0.125. The first-order valence-corrected chi connectivity index (χ1v) is 4.09. The van der Waals surface area contributed by atoms with Crippen molar-refractivity contribution in [3.05, 3.63) is 12.1 Å². The number of hydrogen-bond acceptors (Lipinski definition) is 4. The molecule has 0 aliphatic carbocycles. The lowest BCUT2D eigenvalue weighted by Crippen LogP contribution is -2.24. The number of hydrogen-bond donors (Lipinski definition) is 2. The summed E-state index contributed by atoms with van der Waals surface area (Å²) in [6, 6.07) is 3.33. The van der Waals surface area contributed by atoms with Gasteiger partial charge in [-0.2, -0.15) is 4.98 Å². The number of anilines is 2. The minimum Gasteiger partial charge on any atom is -0.470 e. The molecule has 0 atom stereocenters. The molecule has 0 spiro atoms. The first-order chi connectivity index (χ1) is 5.88. The molecule has 0 saturated heterocycles. The molecule has 0 fully saturated rings. The smallest absolute Gasteiger partial charge is 0.239 e. The van der Waals surface area contributed by atoms with Crippen LogP contribution >= 0.6 is 0 Å². The van der Waals surface area contributed by atoms with Gasteiger partial charge in [0.25, 0.3) is 0 Å². The normalized spacial score (nSPS) is 11.3. The zero-order valence-corrected chi connectivity index (χ0v) is 8.16. The second kappa shape index (κ2) is 3.12. The van der Waals surface area contributed by atoms with E-state index in [0.29, 0.717) is 17.4 Å². The average molecular weight is 181 g/mol. The summed E-state index contributed by atoms with van der Waals surface area (Å²) in [4.78, 5) is 3.99. The van der Waals surface area contributed by atoms with Gasteiger partial charge in [-0.1, -0.05) is 0 Å². The van der Waals surface area contributed by atoms with E-state index >= 15 is 0 Å². The van der Waals surface area contributed by atoms with Crippen LogP contribution in [0.25, 0.3) is 0 Å². The fraction of sp³-hybridized carbons (Fsp3) is 0.444. The number of nitrogens with zero attached hydrogens (tertiary/aromatic N) is 1. The molecule has 4 N–H and O–H groups in total. The van der Waals surface area contributed by atoms with Gasteiger partial charge in [-0.05, 0) is 32.9 Å². The number of ether oxygens (including phenoxy) is 1. The fourth-order valence-electron chi connectivity index (χ4n) is 0.837. The van der Waals surface area contributed by atoms with Crippen molar-refractivity contribution in [3.63, 3.8) is 0 Å². The summed E-state index contributed by atoms with van der Waals surface area (Å²) in [6.45, 7) is 5.78. The van der Waals surface area contributed by atoms with Crippen LogP contribution in [0.2, 0.25) is 0 Å². The highest BCUT2D eigenvalue weighted by Crippen LogP contribution is 2.23. The van der Waals surface area contributed by atoms with Crippen LogP contribution in [0, 0.1) is 0 Å². The highest BCUT2D eigenvalue weighted by atomic mass is 16.5. The second-order valence-electron chi connectivity index (χ2n) is 3.84. The maximum Gasteiger partial charge on any atom is 0.239 e. The van der Waals surface area contributed by atoms with E-state index in [4.69, 9.17) is 16.2 Å². The van der Waals surface area contributed by atoms with Crippen LogP contribution in [0.1, 0.15) is 20.8 Å². The summed E-state index contributed by atoms with van der Waals surface area (Å²) >= 11 is 0. The van der Waals surface area contributed by atoms with Crippen LogP contribution in [-0.2, 0) is 0 Å². The monoisotopic (exact) mass is 181 g/mol. The molecular formula is C9H15N3O. The van der Waals surface area contributed by atoms with Gasteiger partial charge in [-0.3, -0.25) is 0 Å². The highest BCUT2D eigenvalue weighted by molar-refractivity contribution is 5.52. The van der Waals surface area contributed by atoms with Crippen molar-refractivity contribution in [2.45, 2.75) is 26.4 Å². The summed E-state index contributed by atoms with van der Waals surface area (Å²) in [6.07, 6.45) is 0. The Hall–Kier alpha value is -1.45. The third kappa shape index (κ3) is 2.82. The van der Waals surface area contributed by atoms with Crippen molar-refractivity contribution in [1.29, 1.82) is 0 Å². The quantitative estimate of drug-likeness (QED) is 0.687. The Morgan fingerprint density at radius 3 is 2.38 bits per heavy atom. The molecule has 0 amide bonds. The Bertz CT molecular complexity index is 304. The van der Waals surface area contributed by atoms with E-state index in [1.807, 2.05) is 20.8 Å². The van der Waals surface area contributed by atoms with Gasteiger partial charge in [0.1, 0.15) is 11.4 Å². The number of nitrogens with two attached hydrogens (primary N) is 2. The maximum atomic E-state index is 5.65. The zero-order chi connectivity index (χ0) is 10.1. The van der Waals surface area contributed by atoms with E-state index in [2.05, 4.69) is 4.98 Å². The van der Waals surface area contributed by atoms with Gasteiger partial charge < -0.3 is 16.2 Å². The molecule has 4 nitrogen and oxygen atoms in total. The second-order valence-corrected chi connectivity index (χ2v) is 3.84. The Kier molecular flexibility index (Phi) is 2.32. The SMILES string of the molecule is CC(C)(C)Oc1nc(N)ccc1N. The first-order valence-electron chi connectivity index (χ1n) is 4.09. The topological polar surface area (TPSA) is 74.2 Å². The molecule has 0 bridgehead atoms. The molecule has 1 aromatic heterocycles. The molecule has 0 unspecified atom stereocenters. The predicted molar refractivity (Wildman–Crippen MR) is 53.4 cm³/mol. The molecule has 0 radical (unpaired) electrons. The standard InChI is InChI=1S/C9H15N3O/c1-9(2,3)13-8-6(10)4-5-7(11)12-8/h4-5H,10H2,1-3H3,(H2,11,12). The summed E-state index contributed by atoms with van der Waals surface area (Å²) in [5.74, 6) is 0.806. The van der Waals surface area contributed by atoms with E-state index in [1.54, 1.807) is 12.1 Å². The number of rotatable bonds is 1. The molecule has 0 saturated carbocycles. The molecule has 13 heavy (non-hydrogen) atoms. The minimum absolute atomic E-state index is 0.311. The molecule has 1 aromatic rings. The average Bonchev–Trinajstić information content (AvgIpc) is 1.94. The molecular weight excluding hydrogens is 166 g/mol. The van der Waals surface area contributed by atoms with Crippen LogP contribution in [-0.4, -0.2) is 10.6 Å². The molecule has 0 aromatic carbocycles. The van der Waals surface area contributed by atoms with E-state index < -0.39 is 0 Å². The van der Waals surface area contributed by atoms with Crippen molar-refractivity contribution in [3.8, 4) is 5.88 Å². The van der Waals surface area contributed by atoms with Crippen LogP contribution in [0.3, 0.4) is 0 Å². The van der Waals surface area contributed by atoms with E-state index in [-0.39, 0.29) is 5.60 Å². The molecule has 0 aliphatic heterocycles. The van der Waals surface area contributed by atoms with Crippen LogP contribution in [0.4, 0.5) is 11.5 Å². The van der Waals surface area contributed by atoms with Crippen molar-refractivity contribution < 1.29 is 4.74 Å². The van der Waals surface area contributed by atoms with Gasteiger partial charge in [0.05, 0.1) is 5.69 Å². The Morgan fingerprint density at radius 1 is 1.23 bits per heavy atom. The van der Waals surface area contributed by atoms with Crippen LogP contribution in [0.15, 0.2) is 12.1 Å². The van der Waals surface area contributed by atoms with Crippen molar-refractivity contribution in [1.82, 2.24) is 4.98 Å². The van der Waals surface area contributed by atoms with E-state index in [9.17, 15) is 0 Å². The number of pyridine rings is 1. The fourth-order valence-corrected chi connectivity index (χ4v) is 0.837. The summed E-state index contributed by atoms with van der Waals surface area (Å²) in [5.41, 5.74) is 11.3. The molecule has 1 heterocycles. The number of aromatic nitrogens is 1. The molecule has 72 valence electrons. The third-order valence-corrected chi connectivity index (χ3v) is 1.31. The van der Waals surface area contributed by atoms with Gasteiger partial charge >= 0.3 is 0 Å². The lowest BCUT2D eigenvalue weighted by atomic mass is 10.2. The summed E-state index contributed by atoms with van der Waals surface area (Å²) in [5, 5.41) is 0. The third-order valence-electron chi connectivity index (χ3n) is 1.31. The van der Waals surface area contributed by atoms with Gasteiger partial charge in [-0.25, -0.2) is 0 Å². The van der Waals surface area contributed by atoms with Crippen molar-refractivity contribution in [2.24, 2.45) is 0 Å². The Labute approximate surface area is 77.9 Å². The maximum absolute atomic E-state index is 5.65. The highest BCUT2D eigenvalue weighted by Gasteiger charge is 2.14. The van der Waals surface area contributed by atoms with Crippen molar-refractivity contribution in [2.75, 3.05) is 11.5 Å². The predicted octanol–water partition coefficient (Wildman–Crippen LogP) is 1.42. The van der Waals surface area contributed by atoms with E-state index in [1.165, 1.54) is 0 Å². The zero-order valence-electron chi connectivity index (χ0n) is 8.16. The summed E-state index contributed by atoms with van der Waals surface area (Å²) in [7, 11) is 0. The largest absolute Gasteiger partial charge is 0.470 e. The van der Waals surface area contributed by atoms with Gasteiger partial charge in [0, 0.05) is 0 Å². The molecule has 4 heteroatoms. The summed E-state index contributed by atoms with van der Waals surface area (Å²) < 4.78 is 5.50. The van der Waals surface area contributed by atoms with Crippen molar-refractivity contribution >= 4 is 11.5 Å². The van der Waals surface area contributed by atoms with Crippen LogP contribution < -0.4 is 16.2 Å². The van der Waals surface area contributed by atoms with Gasteiger partial charge in [0.15, 0.2) is 0 Å². The first kappa shape index (κ1) is 9.64. The van der Waals surface area contributed by atoms with Gasteiger partial charge in [-0.15, -0.1) is 0 Å².